The quantitative estimate of drug-likeness (QED) is 0.802. The summed E-state index contributed by atoms with van der Waals surface area (Å²) in [5.41, 5.74) is 8.04. The predicted octanol–water partition coefficient (Wildman–Crippen LogP) is 3.82. The number of aromatic nitrogens is 2. The molecule has 0 bridgehead atoms. The first kappa shape index (κ1) is 19.3. The molecule has 0 spiro atoms. The molecule has 1 heterocycles. The van der Waals surface area contributed by atoms with Crippen LogP contribution in [0.3, 0.4) is 0 Å². The van der Waals surface area contributed by atoms with E-state index in [0.29, 0.717) is 18.0 Å². The molecule has 2 saturated carbocycles. The first-order valence-corrected chi connectivity index (χ1v) is 10.5. The van der Waals surface area contributed by atoms with Crippen molar-refractivity contribution in [3.63, 3.8) is 0 Å². The van der Waals surface area contributed by atoms with E-state index in [4.69, 9.17) is 17.3 Å². The fraction of sp³-hybridized carbons (Fsp3) is 0.500. The summed E-state index contributed by atoms with van der Waals surface area (Å²) in [7, 11) is 0. The molecule has 0 saturated heterocycles. The van der Waals surface area contributed by atoms with Gasteiger partial charge in [0, 0.05) is 29.6 Å². The van der Waals surface area contributed by atoms with Gasteiger partial charge in [0.2, 0.25) is 0 Å². The van der Waals surface area contributed by atoms with Gasteiger partial charge in [-0.2, -0.15) is 10.2 Å². The lowest BCUT2D eigenvalue weighted by Crippen LogP contribution is -2.48. The van der Waals surface area contributed by atoms with Crippen molar-refractivity contribution in [3.8, 4) is 0 Å². The standard InChI is InChI=1S/C22H27ClN4O/c23-19-3-1-2-18(12-19)22(15-24)9-6-20(7-10-22)27(14-16-4-5-16)21(28)17-8-11-25-26-13-17/h1-3,8,11-13,16,20H,4-7,9-10,14-15,24H2/t20-,22-. The highest BCUT2D eigenvalue weighted by Crippen LogP contribution is 2.42. The Labute approximate surface area is 171 Å². The zero-order valence-corrected chi connectivity index (χ0v) is 16.8. The average molecular weight is 399 g/mol. The van der Waals surface area contributed by atoms with E-state index in [1.165, 1.54) is 18.4 Å². The Morgan fingerprint density at radius 3 is 2.57 bits per heavy atom. The minimum Gasteiger partial charge on any atom is -0.335 e. The molecule has 28 heavy (non-hydrogen) atoms. The number of nitrogens with zero attached hydrogens (tertiary/aromatic N) is 3. The minimum atomic E-state index is -0.0477. The minimum absolute atomic E-state index is 0.0477. The molecule has 2 aliphatic rings. The monoisotopic (exact) mass is 398 g/mol. The van der Waals surface area contributed by atoms with E-state index in [1.807, 2.05) is 18.2 Å². The number of amides is 1. The van der Waals surface area contributed by atoms with Crippen molar-refractivity contribution >= 4 is 17.5 Å². The van der Waals surface area contributed by atoms with E-state index in [2.05, 4.69) is 21.2 Å². The van der Waals surface area contributed by atoms with Crippen LogP contribution in [-0.4, -0.2) is 40.1 Å². The SMILES string of the molecule is NC[C@]1(c2cccc(Cl)c2)CC[C@H](N(CC2CC2)C(=O)c2ccnnc2)CC1. The molecule has 0 radical (unpaired) electrons. The van der Waals surface area contributed by atoms with Gasteiger partial charge < -0.3 is 10.6 Å². The van der Waals surface area contributed by atoms with Crippen LogP contribution in [0.15, 0.2) is 42.7 Å². The van der Waals surface area contributed by atoms with Crippen molar-refractivity contribution < 1.29 is 4.79 Å². The first-order valence-electron chi connectivity index (χ1n) is 10.1. The number of rotatable bonds is 6. The van der Waals surface area contributed by atoms with Crippen LogP contribution in [0.25, 0.3) is 0 Å². The number of carbonyl (C=O) groups is 1. The van der Waals surface area contributed by atoms with Gasteiger partial charge in [0.1, 0.15) is 0 Å². The molecule has 2 aliphatic carbocycles. The van der Waals surface area contributed by atoms with E-state index in [1.54, 1.807) is 18.5 Å². The summed E-state index contributed by atoms with van der Waals surface area (Å²) < 4.78 is 0. The number of halogens is 1. The van der Waals surface area contributed by atoms with Crippen molar-refractivity contribution in [2.24, 2.45) is 11.7 Å². The van der Waals surface area contributed by atoms with Gasteiger partial charge in [-0.1, -0.05) is 23.7 Å². The van der Waals surface area contributed by atoms with E-state index in [9.17, 15) is 4.79 Å². The van der Waals surface area contributed by atoms with Gasteiger partial charge >= 0.3 is 0 Å². The molecular formula is C22H27ClN4O. The molecule has 1 amide bonds. The van der Waals surface area contributed by atoms with Crippen LogP contribution in [0, 0.1) is 5.92 Å². The Morgan fingerprint density at radius 1 is 1.18 bits per heavy atom. The summed E-state index contributed by atoms with van der Waals surface area (Å²) in [5.74, 6) is 0.725. The van der Waals surface area contributed by atoms with Gasteiger partial charge in [-0.3, -0.25) is 4.79 Å². The summed E-state index contributed by atoms with van der Waals surface area (Å²) in [6.45, 7) is 1.45. The number of carbonyl (C=O) groups excluding carboxylic acids is 1. The van der Waals surface area contributed by atoms with Crippen LogP contribution >= 0.6 is 11.6 Å². The molecular weight excluding hydrogens is 372 g/mol. The third kappa shape index (κ3) is 4.06. The Hall–Kier alpha value is -1.98. The Kier molecular flexibility index (Phi) is 5.65. The Morgan fingerprint density at radius 2 is 1.96 bits per heavy atom. The van der Waals surface area contributed by atoms with Crippen LogP contribution in [0.5, 0.6) is 0 Å². The number of hydrogen-bond acceptors (Lipinski definition) is 4. The van der Waals surface area contributed by atoms with Gasteiger partial charge in [0.15, 0.2) is 0 Å². The molecule has 2 N–H and O–H groups in total. The van der Waals surface area contributed by atoms with Crippen LogP contribution in [0.4, 0.5) is 0 Å². The molecule has 2 aromatic rings. The van der Waals surface area contributed by atoms with Crippen LogP contribution < -0.4 is 5.73 Å². The van der Waals surface area contributed by atoms with Crippen molar-refractivity contribution in [3.05, 3.63) is 58.9 Å². The summed E-state index contributed by atoms with van der Waals surface area (Å²) in [5, 5.41) is 8.44. The third-order valence-corrected chi connectivity index (χ3v) is 6.66. The van der Waals surface area contributed by atoms with Crippen molar-refractivity contribution in [1.82, 2.24) is 15.1 Å². The zero-order chi connectivity index (χ0) is 19.6. The van der Waals surface area contributed by atoms with E-state index < -0.39 is 0 Å². The summed E-state index contributed by atoms with van der Waals surface area (Å²) in [4.78, 5) is 15.3. The second-order valence-electron chi connectivity index (χ2n) is 8.26. The zero-order valence-electron chi connectivity index (χ0n) is 16.1. The average Bonchev–Trinajstić information content (AvgIpc) is 3.57. The van der Waals surface area contributed by atoms with Gasteiger partial charge in [-0.05, 0) is 68.2 Å². The number of hydrogen-bond donors (Lipinski definition) is 1. The predicted molar refractivity (Wildman–Crippen MR) is 110 cm³/mol. The fourth-order valence-electron chi connectivity index (χ4n) is 4.46. The normalized spacial score (nSPS) is 24.7. The maximum Gasteiger partial charge on any atom is 0.255 e. The second-order valence-corrected chi connectivity index (χ2v) is 8.69. The fourth-order valence-corrected chi connectivity index (χ4v) is 4.65. The molecule has 2 fully saturated rings. The summed E-state index contributed by atoms with van der Waals surface area (Å²) in [6, 6.07) is 10.1. The molecule has 148 valence electrons. The number of benzene rings is 1. The van der Waals surface area contributed by atoms with Crippen LogP contribution in [0.1, 0.15) is 54.4 Å². The Balaban J connectivity index is 1.51. The molecule has 1 aromatic carbocycles. The van der Waals surface area contributed by atoms with Crippen molar-refractivity contribution in [1.29, 1.82) is 0 Å². The molecule has 4 rings (SSSR count). The van der Waals surface area contributed by atoms with Gasteiger partial charge in [-0.15, -0.1) is 0 Å². The maximum absolute atomic E-state index is 13.2. The largest absolute Gasteiger partial charge is 0.335 e. The molecule has 0 unspecified atom stereocenters. The smallest absolute Gasteiger partial charge is 0.255 e. The molecule has 6 heteroatoms. The van der Waals surface area contributed by atoms with Crippen molar-refractivity contribution in [2.75, 3.05) is 13.1 Å². The maximum atomic E-state index is 13.2. The molecule has 0 aliphatic heterocycles. The third-order valence-electron chi connectivity index (χ3n) is 6.42. The van der Waals surface area contributed by atoms with E-state index in [-0.39, 0.29) is 17.4 Å². The van der Waals surface area contributed by atoms with Crippen LogP contribution in [-0.2, 0) is 5.41 Å². The van der Waals surface area contributed by atoms with Gasteiger partial charge in [0.05, 0.1) is 18.0 Å². The number of nitrogens with two attached hydrogens (primary N) is 1. The highest BCUT2D eigenvalue weighted by molar-refractivity contribution is 6.30. The lowest BCUT2D eigenvalue weighted by molar-refractivity contribution is 0.0581. The Bertz CT molecular complexity index is 816. The molecule has 5 nitrogen and oxygen atoms in total. The van der Waals surface area contributed by atoms with Gasteiger partial charge in [0.25, 0.3) is 5.91 Å². The van der Waals surface area contributed by atoms with E-state index >= 15 is 0 Å². The highest BCUT2D eigenvalue weighted by atomic mass is 35.5. The van der Waals surface area contributed by atoms with E-state index in [0.717, 1.165) is 37.3 Å². The molecule has 0 atom stereocenters. The highest BCUT2D eigenvalue weighted by Gasteiger charge is 2.40. The van der Waals surface area contributed by atoms with Crippen molar-refractivity contribution in [2.45, 2.75) is 50.0 Å². The summed E-state index contributed by atoms with van der Waals surface area (Å²) in [6.07, 6.45) is 9.46. The summed E-state index contributed by atoms with van der Waals surface area (Å²) >= 11 is 6.23. The first-order chi connectivity index (χ1) is 13.6. The molecule has 1 aromatic heterocycles. The lowest BCUT2D eigenvalue weighted by atomic mass is 9.68. The lowest BCUT2D eigenvalue weighted by Gasteiger charge is -2.43. The van der Waals surface area contributed by atoms with Crippen LogP contribution in [0.2, 0.25) is 5.02 Å². The van der Waals surface area contributed by atoms with Gasteiger partial charge in [-0.25, -0.2) is 0 Å². The second kappa shape index (κ2) is 8.18. The topological polar surface area (TPSA) is 72.1 Å².